The molecule has 1 aromatic heterocycles. The lowest BCUT2D eigenvalue weighted by Crippen LogP contribution is -2.07. The number of nitriles is 1. The molecule has 0 N–H and O–H groups in total. The Hall–Kier alpha value is -1.99. The molecule has 0 saturated heterocycles. The maximum absolute atomic E-state index is 9.37. The van der Waals surface area contributed by atoms with Crippen molar-refractivity contribution < 1.29 is 4.74 Å². The highest BCUT2D eigenvalue weighted by molar-refractivity contribution is 7.99. The SMILES string of the molecule is COc1cccc(Sc2nc3c(cc2C#N)CCCC3)c1. The van der Waals surface area contributed by atoms with Crippen LogP contribution in [0.15, 0.2) is 40.3 Å². The Morgan fingerprint density at radius 1 is 1.24 bits per heavy atom. The largest absolute Gasteiger partial charge is 0.497 e. The van der Waals surface area contributed by atoms with E-state index >= 15 is 0 Å². The molecule has 0 fully saturated rings. The Balaban J connectivity index is 1.95. The molecule has 1 aromatic carbocycles. The first-order chi connectivity index (χ1) is 10.3. The molecule has 3 rings (SSSR count). The summed E-state index contributed by atoms with van der Waals surface area (Å²) >= 11 is 1.53. The van der Waals surface area contributed by atoms with Gasteiger partial charge in [0.15, 0.2) is 0 Å². The van der Waals surface area contributed by atoms with Gasteiger partial charge in [-0.05, 0) is 55.5 Å². The summed E-state index contributed by atoms with van der Waals surface area (Å²) < 4.78 is 5.24. The molecule has 0 bridgehead atoms. The summed E-state index contributed by atoms with van der Waals surface area (Å²) in [5.74, 6) is 0.816. The highest BCUT2D eigenvalue weighted by Crippen LogP contribution is 2.33. The van der Waals surface area contributed by atoms with Crippen LogP contribution in [0.5, 0.6) is 5.75 Å². The number of fused-ring (bicyclic) bond motifs is 1. The molecule has 0 aliphatic heterocycles. The zero-order valence-corrected chi connectivity index (χ0v) is 12.7. The number of ether oxygens (including phenoxy) is 1. The fraction of sp³-hybridized carbons (Fsp3) is 0.294. The summed E-state index contributed by atoms with van der Waals surface area (Å²) in [6.07, 6.45) is 4.45. The van der Waals surface area contributed by atoms with Crippen LogP contribution in [0.4, 0.5) is 0 Å². The van der Waals surface area contributed by atoms with Gasteiger partial charge in [-0.25, -0.2) is 4.98 Å². The van der Waals surface area contributed by atoms with Gasteiger partial charge in [0.1, 0.15) is 16.8 Å². The fourth-order valence-corrected chi connectivity index (χ4v) is 3.46. The van der Waals surface area contributed by atoms with Crippen LogP contribution in [0.25, 0.3) is 0 Å². The van der Waals surface area contributed by atoms with Crippen molar-refractivity contribution in [2.45, 2.75) is 35.6 Å². The quantitative estimate of drug-likeness (QED) is 0.859. The lowest BCUT2D eigenvalue weighted by Gasteiger charge is -2.16. The molecule has 1 aliphatic rings. The topological polar surface area (TPSA) is 45.9 Å². The minimum Gasteiger partial charge on any atom is -0.497 e. The smallest absolute Gasteiger partial charge is 0.119 e. The van der Waals surface area contributed by atoms with Crippen LogP contribution in [-0.4, -0.2) is 12.1 Å². The van der Waals surface area contributed by atoms with Crippen LogP contribution < -0.4 is 4.74 Å². The number of benzene rings is 1. The van der Waals surface area contributed by atoms with E-state index < -0.39 is 0 Å². The van der Waals surface area contributed by atoms with E-state index in [4.69, 9.17) is 9.72 Å². The molecule has 0 spiro atoms. The Kier molecular flexibility index (Phi) is 4.12. The van der Waals surface area contributed by atoms with Crippen molar-refractivity contribution in [3.8, 4) is 11.8 Å². The van der Waals surface area contributed by atoms with E-state index in [0.29, 0.717) is 5.56 Å². The number of pyridine rings is 1. The second-order valence-electron chi connectivity index (χ2n) is 5.05. The molecule has 3 nitrogen and oxygen atoms in total. The predicted molar refractivity (Wildman–Crippen MR) is 82.7 cm³/mol. The van der Waals surface area contributed by atoms with Crippen LogP contribution in [0, 0.1) is 11.3 Å². The maximum atomic E-state index is 9.37. The fourth-order valence-electron chi connectivity index (χ4n) is 2.55. The molecule has 1 heterocycles. The van der Waals surface area contributed by atoms with Gasteiger partial charge in [-0.1, -0.05) is 17.8 Å². The predicted octanol–water partition coefficient (Wildman–Crippen LogP) is 3.99. The third-order valence-corrected chi connectivity index (χ3v) is 4.64. The average Bonchev–Trinajstić information content (AvgIpc) is 2.54. The van der Waals surface area contributed by atoms with E-state index in [1.165, 1.54) is 30.2 Å². The number of hydrogen-bond donors (Lipinski definition) is 0. The van der Waals surface area contributed by atoms with E-state index in [0.717, 1.165) is 34.2 Å². The second kappa shape index (κ2) is 6.19. The molecular formula is C17H16N2OS. The summed E-state index contributed by atoms with van der Waals surface area (Å²) in [4.78, 5) is 5.77. The molecule has 21 heavy (non-hydrogen) atoms. The molecular weight excluding hydrogens is 280 g/mol. The van der Waals surface area contributed by atoms with Crippen LogP contribution in [0.3, 0.4) is 0 Å². The van der Waals surface area contributed by atoms with Crippen molar-refractivity contribution in [3.63, 3.8) is 0 Å². The van der Waals surface area contributed by atoms with Crippen LogP contribution in [0.2, 0.25) is 0 Å². The number of rotatable bonds is 3. The minimum absolute atomic E-state index is 0.670. The van der Waals surface area contributed by atoms with Gasteiger partial charge in [-0.3, -0.25) is 0 Å². The zero-order valence-electron chi connectivity index (χ0n) is 11.9. The summed E-state index contributed by atoms with van der Waals surface area (Å²) in [5.41, 5.74) is 3.07. The molecule has 2 aromatic rings. The van der Waals surface area contributed by atoms with Crippen LogP contribution >= 0.6 is 11.8 Å². The minimum atomic E-state index is 0.670. The molecule has 0 unspecified atom stereocenters. The van der Waals surface area contributed by atoms with Gasteiger partial charge >= 0.3 is 0 Å². The molecule has 1 aliphatic carbocycles. The van der Waals surface area contributed by atoms with E-state index in [9.17, 15) is 5.26 Å². The zero-order chi connectivity index (χ0) is 14.7. The molecule has 0 radical (unpaired) electrons. The van der Waals surface area contributed by atoms with Gasteiger partial charge in [0, 0.05) is 10.6 Å². The molecule has 0 saturated carbocycles. The standard InChI is InChI=1S/C17H16N2OS/c1-20-14-6-4-7-15(10-14)21-17-13(11-18)9-12-5-2-3-8-16(12)19-17/h4,6-7,9-10H,2-3,5,8H2,1H3. The maximum Gasteiger partial charge on any atom is 0.119 e. The summed E-state index contributed by atoms with van der Waals surface area (Å²) in [6, 6.07) is 12.1. The van der Waals surface area contributed by atoms with Crippen molar-refractivity contribution in [2.75, 3.05) is 7.11 Å². The number of aryl methyl sites for hydroxylation is 2. The highest BCUT2D eigenvalue weighted by atomic mass is 32.2. The normalized spacial score (nSPS) is 13.3. The van der Waals surface area contributed by atoms with E-state index in [-0.39, 0.29) is 0 Å². The number of methoxy groups -OCH3 is 1. The lowest BCUT2D eigenvalue weighted by molar-refractivity contribution is 0.413. The van der Waals surface area contributed by atoms with Gasteiger partial charge in [-0.15, -0.1) is 0 Å². The third kappa shape index (κ3) is 3.03. The van der Waals surface area contributed by atoms with Gasteiger partial charge < -0.3 is 4.74 Å². The second-order valence-corrected chi connectivity index (χ2v) is 6.11. The van der Waals surface area contributed by atoms with Crippen LogP contribution in [0.1, 0.15) is 29.7 Å². The van der Waals surface area contributed by atoms with E-state index in [1.54, 1.807) is 7.11 Å². The Bertz CT molecular complexity index is 706. The van der Waals surface area contributed by atoms with Crippen molar-refractivity contribution in [1.82, 2.24) is 4.98 Å². The van der Waals surface area contributed by atoms with E-state index in [1.807, 2.05) is 30.3 Å². The first-order valence-corrected chi connectivity index (χ1v) is 7.86. The Labute approximate surface area is 129 Å². The molecule has 0 atom stereocenters. The van der Waals surface area contributed by atoms with Gasteiger partial charge in [-0.2, -0.15) is 5.26 Å². The molecule has 106 valence electrons. The number of aromatic nitrogens is 1. The molecule has 0 amide bonds. The summed E-state index contributed by atoms with van der Waals surface area (Å²) in [7, 11) is 1.65. The van der Waals surface area contributed by atoms with E-state index in [2.05, 4.69) is 6.07 Å². The first-order valence-electron chi connectivity index (χ1n) is 7.05. The van der Waals surface area contributed by atoms with Crippen molar-refractivity contribution in [1.29, 1.82) is 5.26 Å². The Morgan fingerprint density at radius 3 is 2.90 bits per heavy atom. The average molecular weight is 296 g/mol. The Morgan fingerprint density at radius 2 is 2.10 bits per heavy atom. The summed E-state index contributed by atoms with van der Waals surface area (Å²) in [6.45, 7) is 0. The van der Waals surface area contributed by atoms with Crippen molar-refractivity contribution in [3.05, 3.63) is 47.2 Å². The van der Waals surface area contributed by atoms with Gasteiger partial charge in [0.05, 0.1) is 12.7 Å². The lowest BCUT2D eigenvalue weighted by atomic mass is 9.95. The number of nitrogens with zero attached hydrogens (tertiary/aromatic N) is 2. The highest BCUT2D eigenvalue weighted by Gasteiger charge is 2.16. The third-order valence-electron chi connectivity index (χ3n) is 3.64. The van der Waals surface area contributed by atoms with Crippen molar-refractivity contribution in [2.24, 2.45) is 0 Å². The summed E-state index contributed by atoms with van der Waals surface area (Å²) in [5, 5.41) is 10.2. The first kappa shape index (κ1) is 14.0. The number of hydrogen-bond acceptors (Lipinski definition) is 4. The van der Waals surface area contributed by atoms with Crippen LogP contribution in [-0.2, 0) is 12.8 Å². The van der Waals surface area contributed by atoms with Crippen molar-refractivity contribution >= 4 is 11.8 Å². The molecule has 4 heteroatoms. The van der Waals surface area contributed by atoms with Gasteiger partial charge in [0.25, 0.3) is 0 Å². The van der Waals surface area contributed by atoms with Gasteiger partial charge in [0.2, 0.25) is 0 Å². The monoisotopic (exact) mass is 296 g/mol.